The van der Waals surface area contributed by atoms with Gasteiger partial charge in [0.2, 0.25) is 11.8 Å². The van der Waals surface area contributed by atoms with E-state index in [4.69, 9.17) is 4.74 Å². The monoisotopic (exact) mass is 388 g/mol. The van der Waals surface area contributed by atoms with Crippen LogP contribution in [0.2, 0.25) is 0 Å². The number of carbonyl (C=O) groups is 1. The van der Waals surface area contributed by atoms with Crippen molar-refractivity contribution in [1.29, 1.82) is 0 Å². The lowest BCUT2D eigenvalue weighted by Gasteiger charge is -2.13. The molecular formula is C19H24N4O5. The first kappa shape index (κ1) is 20.9. The van der Waals surface area contributed by atoms with E-state index in [1.807, 2.05) is 6.92 Å². The molecule has 0 saturated carbocycles. The van der Waals surface area contributed by atoms with E-state index >= 15 is 0 Å². The summed E-state index contributed by atoms with van der Waals surface area (Å²) in [6.45, 7) is 3.69. The van der Waals surface area contributed by atoms with Crippen LogP contribution in [0.3, 0.4) is 0 Å². The molecule has 9 heteroatoms. The molecule has 0 bridgehead atoms. The number of aromatic amines is 1. The molecule has 0 aliphatic rings. The molecule has 150 valence electrons. The average molecular weight is 388 g/mol. The molecule has 1 amide bonds. The van der Waals surface area contributed by atoms with E-state index in [1.54, 1.807) is 31.2 Å². The van der Waals surface area contributed by atoms with Gasteiger partial charge >= 0.3 is 5.69 Å². The van der Waals surface area contributed by atoms with Crippen molar-refractivity contribution in [2.75, 3.05) is 7.11 Å². The molecule has 0 unspecified atom stereocenters. The summed E-state index contributed by atoms with van der Waals surface area (Å²) in [7, 11) is 1.51. The molecule has 2 rings (SSSR count). The van der Waals surface area contributed by atoms with Gasteiger partial charge in [0.1, 0.15) is 11.3 Å². The van der Waals surface area contributed by atoms with Crippen LogP contribution in [-0.4, -0.2) is 33.4 Å². The Morgan fingerprint density at radius 3 is 2.50 bits per heavy atom. The fourth-order valence-corrected chi connectivity index (χ4v) is 2.59. The van der Waals surface area contributed by atoms with Gasteiger partial charge in [0.05, 0.1) is 18.5 Å². The van der Waals surface area contributed by atoms with Crippen molar-refractivity contribution in [3.05, 3.63) is 50.7 Å². The standard InChI is InChI=1S/C19H24N4O5/c1-4-6-7-15(24)22-21-14(5-2)16-17(25)20-19(27)23(18(16)26)12-8-10-13(28-3)11-9-12/h8-11,26H,4-7H2,1-3H3,(H,22,24)(H,20,25,27)/b21-14-. The van der Waals surface area contributed by atoms with Crippen molar-refractivity contribution in [1.82, 2.24) is 15.0 Å². The van der Waals surface area contributed by atoms with Gasteiger partial charge in [0, 0.05) is 6.42 Å². The molecule has 0 aliphatic heterocycles. The molecule has 0 aliphatic carbocycles. The van der Waals surface area contributed by atoms with Crippen molar-refractivity contribution >= 4 is 11.6 Å². The van der Waals surface area contributed by atoms with Crippen molar-refractivity contribution < 1.29 is 14.6 Å². The summed E-state index contributed by atoms with van der Waals surface area (Å²) in [6.07, 6.45) is 2.15. The van der Waals surface area contributed by atoms with E-state index in [0.717, 1.165) is 17.4 Å². The molecule has 0 atom stereocenters. The summed E-state index contributed by atoms with van der Waals surface area (Å²) in [6, 6.07) is 6.37. The van der Waals surface area contributed by atoms with Crippen molar-refractivity contribution in [3.63, 3.8) is 0 Å². The number of H-pyrrole nitrogens is 1. The number of hydrazone groups is 1. The number of benzene rings is 1. The number of rotatable bonds is 8. The van der Waals surface area contributed by atoms with Gasteiger partial charge in [-0.2, -0.15) is 5.10 Å². The normalized spacial score (nSPS) is 11.3. The topological polar surface area (TPSA) is 126 Å². The Hall–Kier alpha value is -3.36. The SMILES string of the molecule is CCCCC(=O)N/N=C(/CC)c1c(O)n(-c2ccc(OC)cc2)c(=O)[nH]c1=O. The molecule has 1 aromatic carbocycles. The summed E-state index contributed by atoms with van der Waals surface area (Å²) >= 11 is 0. The van der Waals surface area contributed by atoms with Gasteiger partial charge in [0.15, 0.2) is 0 Å². The summed E-state index contributed by atoms with van der Waals surface area (Å²) < 4.78 is 6.04. The van der Waals surface area contributed by atoms with Crippen LogP contribution in [0.1, 0.15) is 45.1 Å². The van der Waals surface area contributed by atoms with Crippen LogP contribution in [0.5, 0.6) is 11.6 Å². The summed E-state index contributed by atoms with van der Waals surface area (Å²) in [5.41, 5.74) is 1.14. The lowest BCUT2D eigenvalue weighted by Crippen LogP contribution is -2.33. The maximum atomic E-state index is 12.3. The molecule has 28 heavy (non-hydrogen) atoms. The molecule has 9 nitrogen and oxygen atoms in total. The molecule has 1 aromatic heterocycles. The average Bonchev–Trinajstić information content (AvgIpc) is 2.68. The van der Waals surface area contributed by atoms with Gasteiger partial charge in [-0.25, -0.2) is 14.8 Å². The lowest BCUT2D eigenvalue weighted by atomic mass is 10.1. The number of hydrogen-bond acceptors (Lipinski definition) is 6. The minimum absolute atomic E-state index is 0.158. The summed E-state index contributed by atoms with van der Waals surface area (Å²) in [4.78, 5) is 38.6. The molecule has 2 aromatic rings. The number of carbonyl (C=O) groups excluding carboxylic acids is 1. The van der Waals surface area contributed by atoms with E-state index < -0.39 is 17.1 Å². The van der Waals surface area contributed by atoms with Gasteiger partial charge in [0.25, 0.3) is 5.56 Å². The van der Waals surface area contributed by atoms with Crippen LogP contribution in [-0.2, 0) is 4.79 Å². The fraction of sp³-hybridized carbons (Fsp3) is 0.368. The van der Waals surface area contributed by atoms with Crippen LogP contribution < -0.4 is 21.4 Å². The summed E-state index contributed by atoms with van der Waals surface area (Å²) in [5.74, 6) is -0.263. The Balaban J connectivity index is 2.50. The number of nitrogens with zero attached hydrogens (tertiary/aromatic N) is 2. The molecule has 3 N–H and O–H groups in total. The minimum atomic E-state index is -0.793. The summed E-state index contributed by atoms with van der Waals surface area (Å²) in [5, 5.41) is 14.6. The Labute approximate surface area is 161 Å². The van der Waals surface area contributed by atoms with E-state index in [0.29, 0.717) is 17.9 Å². The predicted molar refractivity (Wildman–Crippen MR) is 105 cm³/mol. The molecule has 0 spiro atoms. The number of methoxy groups -OCH3 is 1. The largest absolute Gasteiger partial charge is 0.497 e. The van der Waals surface area contributed by atoms with Gasteiger partial charge in [-0.15, -0.1) is 0 Å². The second-order valence-electron chi connectivity index (χ2n) is 6.04. The third-order valence-electron chi connectivity index (χ3n) is 4.11. The Bertz CT molecular complexity index is 973. The van der Waals surface area contributed by atoms with Crippen molar-refractivity contribution in [2.45, 2.75) is 39.5 Å². The maximum absolute atomic E-state index is 12.3. The zero-order chi connectivity index (χ0) is 20.7. The maximum Gasteiger partial charge on any atom is 0.335 e. The number of ether oxygens (including phenoxy) is 1. The first-order valence-corrected chi connectivity index (χ1v) is 9.01. The van der Waals surface area contributed by atoms with Crippen LogP contribution in [0.15, 0.2) is 39.0 Å². The zero-order valence-corrected chi connectivity index (χ0v) is 16.1. The smallest absolute Gasteiger partial charge is 0.335 e. The van der Waals surface area contributed by atoms with Crippen molar-refractivity contribution in [2.24, 2.45) is 5.10 Å². The molecule has 0 fully saturated rings. The third-order valence-corrected chi connectivity index (χ3v) is 4.11. The molecule has 0 radical (unpaired) electrons. The van der Waals surface area contributed by atoms with E-state index in [9.17, 15) is 19.5 Å². The van der Waals surface area contributed by atoms with E-state index in [2.05, 4.69) is 15.5 Å². The van der Waals surface area contributed by atoms with Gasteiger partial charge < -0.3 is 9.84 Å². The Morgan fingerprint density at radius 2 is 1.93 bits per heavy atom. The molecule has 0 saturated heterocycles. The number of aromatic nitrogens is 2. The zero-order valence-electron chi connectivity index (χ0n) is 16.1. The first-order valence-electron chi connectivity index (χ1n) is 9.01. The van der Waals surface area contributed by atoms with Gasteiger partial charge in [-0.3, -0.25) is 14.6 Å². The highest BCUT2D eigenvalue weighted by atomic mass is 16.5. The minimum Gasteiger partial charge on any atom is -0.497 e. The first-order chi connectivity index (χ1) is 13.4. The van der Waals surface area contributed by atoms with Crippen LogP contribution in [0.4, 0.5) is 0 Å². The third kappa shape index (κ3) is 4.67. The Morgan fingerprint density at radius 1 is 1.25 bits per heavy atom. The van der Waals surface area contributed by atoms with E-state index in [1.165, 1.54) is 7.11 Å². The quantitative estimate of drug-likeness (QED) is 0.468. The Kier molecular flexibility index (Phi) is 7.14. The second-order valence-corrected chi connectivity index (χ2v) is 6.04. The number of hydrogen-bond donors (Lipinski definition) is 3. The molecule has 1 heterocycles. The fourth-order valence-electron chi connectivity index (χ4n) is 2.59. The van der Waals surface area contributed by atoms with E-state index in [-0.39, 0.29) is 23.6 Å². The van der Waals surface area contributed by atoms with Crippen LogP contribution in [0.25, 0.3) is 5.69 Å². The molecular weight excluding hydrogens is 364 g/mol. The number of unbranched alkanes of at least 4 members (excludes halogenated alkanes) is 1. The highest BCUT2D eigenvalue weighted by Crippen LogP contribution is 2.20. The van der Waals surface area contributed by atoms with Crippen LogP contribution in [0, 0.1) is 0 Å². The second kappa shape index (κ2) is 9.54. The highest BCUT2D eigenvalue weighted by molar-refractivity contribution is 6.02. The lowest BCUT2D eigenvalue weighted by molar-refractivity contribution is -0.121. The highest BCUT2D eigenvalue weighted by Gasteiger charge is 2.20. The number of amides is 1. The number of aromatic hydroxyl groups is 1. The van der Waals surface area contributed by atoms with Gasteiger partial charge in [-0.1, -0.05) is 20.3 Å². The van der Waals surface area contributed by atoms with Crippen LogP contribution >= 0.6 is 0 Å². The van der Waals surface area contributed by atoms with Gasteiger partial charge in [-0.05, 0) is 37.1 Å². The van der Waals surface area contributed by atoms with Crippen molar-refractivity contribution in [3.8, 4) is 17.3 Å². The predicted octanol–water partition coefficient (Wildman–Crippen LogP) is 1.66. The number of nitrogens with one attached hydrogen (secondary N) is 2.